The number of ether oxygens (including phenoxy) is 1. The van der Waals surface area contributed by atoms with Crippen molar-refractivity contribution < 1.29 is 52.0 Å². The molecular formula is C29H47N8O11P. The second-order valence-electron chi connectivity index (χ2n) is 11.7. The van der Waals surface area contributed by atoms with Crippen molar-refractivity contribution in [3.63, 3.8) is 0 Å². The Balaban J connectivity index is 2.19. The molecule has 0 bridgehead atoms. The zero-order valence-corrected chi connectivity index (χ0v) is 29.1. The van der Waals surface area contributed by atoms with Crippen LogP contribution in [0.5, 0.6) is 0 Å². The van der Waals surface area contributed by atoms with Gasteiger partial charge in [0.05, 0.1) is 38.2 Å². The molecule has 1 aliphatic rings. The summed E-state index contributed by atoms with van der Waals surface area (Å²) in [4.78, 5) is 96.4. The molecule has 1 saturated heterocycles. The van der Waals surface area contributed by atoms with E-state index in [0.717, 1.165) is 7.11 Å². The predicted octanol–water partition coefficient (Wildman–Crippen LogP) is -1.65. The Morgan fingerprint density at radius 3 is 2.47 bits per heavy atom. The Labute approximate surface area is 284 Å². The number of primary amides is 1. The van der Waals surface area contributed by atoms with Gasteiger partial charge in [0, 0.05) is 51.9 Å². The lowest BCUT2D eigenvalue weighted by molar-refractivity contribution is -0.142. The molecule has 2 rings (SSSR count). The molecule has 6 unspecified atom stereocenters. The fraction of sp³-hybridized carbons (Fsp3) is 0.621. The molecule has 7 N–H and O–H groups in total. The first-order valence-corrected chi connectivity index (χ1v) is 17.0. The quantitative estimate of drug-likeness (QED) is 0.0656. The van der Waals surface area contributed by atoms with Crippen molar-refractivity contribution in [2.45, 2.75) is 70.9 Å². The van der Waals surface area contributed by atoms with Gasteiger partial charge in [0.15, 0.2) is 0 Å². The van der Waals surface area contributed by atoms with Gasteiger partial charge in [-0.05, 0) is 12.8 Å². The molecule has 0 aromatic carbocycles. The maximum absolute atomic E-state index is 13.7. The highest BCUT2D eigenvalue weighted by molar-refractivity contribution is 7.47. The lowest BCUT2D eigenvalue weighted by Crippen LogP contribution is -2.57. The summed E-state index contributed by atoms with van der Waals surface area (Å²) in [5.41, 5.74) is 5.83. The van der Waals surface area contributed by atoms with Crippen LogP contribution >= 0.6 is 7.82 Å². The molecule has 20 heteroatoms. The summed E-state index contributed by atoms with van der Waals surface area (Å²) in [6, 6.07) is -3.61. The Morgan fingerprint density at radius 1 is 1.22 bits per heavy atom. The molecule has 6 atom stereocenters. The number of aromatic amines is 1. The minimum Gasteiger partial charge on any atom is -0.372 e. The maximum atomic E-state index is 13.7. The summed E-state index contributed by atoms with van der Waals surface area (Å²) in [6.45, 7) is 9.17. The molecule has 6 amide bonds. The minimum atomic E-state index is -4.53. The van der Waals surface area contributed by atoms with Gasteiger partial charge >= 0.3 is 7.82 Å². The fourth-order valence-corrected chi connectivity index (χ4v) is 5.72. The summed E-state index contributed by atoms with van der Waals surface area (Å²) in [7, 11) is -3.62. The zero-order chi connectivity index (χ0) is 36.9. The zero-order valence-electron chi connectivity index (χ0n) is 28.2. The molecule has 2 heterocycles. The van der Waals surface area contributed by atoms with Crippen LogP contribution in [0.2, 0.25) is 0 Å². The summed E-state index contributed by atoms with van der Waals surface area (Å²) in [5.74, 6) is -4.35. The number of likely N-dealkylation sites (tertiary alicyclic amines) is 1. The number of carbonyl (C=O) groups is 6. The first kappa shape index (κ1) is 41.0. The van der Waals surface area contributed by atoms with Gasteiger partial charge in [-0.1, -0.05) is 19.9 Å². The van der Waals surface area contributed by atoms with Crippen LogP contribution in [0.4, 0.5) is 0 Å². The lowest BCUT2D eigenvalue weighted by atomic mass is 10.1. The van der Waals surface area contributed by atoms with Crippen LogP contribution < -0.4 is 21.7 Å². The molecule has 1 aromatic heterocycles. The molecule has 1 aliphatic heterocycles. The highest BCUT2D eigenvalue weighted by atomic mass is 31.2. The molecule has 19 nitrogen and oxygen atoms in total. The van der Waals surface area contributed by atoms with Gasteiger partial charge in [0.2, 0.25) is 35.4 Å². The van der Waals surface area contributed by atoms with Gasteiger partial charge in [0.25, 0.3) is 0 Å². The van der Waals surface area contributed by atoms with Gasteiger partial charge in [-0.2, -0.15) is 0 Å². The van der Waals surface area contributed by atoms with Gasteiger partial charge in [-0.25, -0.2) is 9.55 Å². The molecule has 49 heavy (non-hydrogen) atoms. The number of carbonyl (C=O) groups excluding carboxylic acids is 6. The first-order chi connectivity index (χ1) is 23.0. The number of imidazole rings is 1. The molecular weight excluding hydrogens is 667 g/mol. The third-order valence-corrected chi connectivity index (χ3v) is 8.47. The van der Waals surface area contributed by atoms with E-state index >= 15 is 0 Å². The van der Waals surface area contributed by atoms with Gasteiger partial charge < -0.3 is 46.1 Å². The van der Waals surface area contributed by atoms with Crippen molar-refractivity contribution in [1.82, 2.24) is 35.7 Å². The summed E-state index contributed by atoms with van der Waals surface area (Å²) in [5, 5.41) is 7.28. The summed E-state index contributed by atoms with van der Waals surface area (Å²) in [6.07, 6.45) is 2.83. The van der Waals surface area contributed by atoms with E-state index in [1.165, 1.54) is 36.2 Å². The van der Waals surface area contributed by atoms with Crippen LogP contribution in [-0.4, -0.2) is 130 Å². The number of phosphoric ester groups is 1. The highest BCUT2D eigenvalue weighted by Gasteiger charge is 2.39. The number of rotatable bonds is 20. The van der Waals surface area contributed by atoms with E-state index in [2.05, 4.69) is 37.0 Å². The van der Waals surface area contributed by atoms with E-state index < -0.39 is 74.7 Å². The fourth-order valence-electron chi connectivity index (χ4n) is 5.09. The standard InChI is InChI=1S/C29H47N8O11P/c1-7-8-47-21-10-23(36(15-21)19(5)38)29(43)33-13-25(40)37(14-17(2)3)22(9-20-11-31-16-34-20)28(42)32-12-24(39)35-26(27(30)41)18(4)48-49(44,45)46-6/h7,11,16-18,21-23,26H,1,8-10,12-15H2,2-6H3,(H2,30,41)(H,31,34)(H,32,42)(H,33,43)(H,35,39)(H,44,45). The molecule has 0 spiro atoms. The van der Waals surface area contributed by atoms with Crippen LogP contribution in [0.15, 0.2) is 25.2 Å². The van der Waals surface area contributed by atoms with E-state index in [0.29, 0.717) is 5.69 Å². The number of amides is 6. The largest absolute Gasteiger partial charge is 0.472 e. The monoisotopic (exact) mass is 714 g/mol. The third-order valence-electron chi connectivity index (χ3n) is 7.41. The van der Waals surface area contributed by atoms with Gasteiger partial charge in [-0.3, -0.25) is 37.8 Å². The molecule has 0 aliphatic carbocycles. The second-order valence-corrected chi connectivity index (χ2v) is 13.3. The molecule has 0 radical (unpaired) electrons. The van der Waals surface area contributed by atoms with Gasteiger partial charge in [0.1, 0.15) is 18.1 Å². The van der Waals surface area contributed by atoms with E-state index in [-0.39, 0.29) is 50.5 Å². The summed E-state index contributed by atoms with van der Waals surface area (Å²) >= 11 is 0. The second kappa shape index (κ2) is 19.1. The van der Waals surface area contributed by atoms with E-state index in [1.807, 2.05) is 13.8 Å². The van der Waals surface area contributed by atoms with Crippen LogP contribution in [0.25, 0.3) is 0 Å². The lowest BCUT2D eigenvalue weighted by Gasteiger charge is -2.32. The third kappa shape index (κ3) is 13.0. The number of aromatic nitrogens is 2. The Morgan fingerprint density at radius 2 is 1.92 bits per heavy atom. The predicted molar refractivity (Wildman–Crippen MR) is 173 cm³/mol. The van der Waals surface area contributed by atoms with Crippen molar-refractivity contribution in [1.29, 1.82) is 0 Å². The van der Waals surface area contributed by atoms with Crippen molar-refractivity contribution in [2.24, 2.45) is 11.7 Å². The van der Waals surface area contributed by atoms with Crippen LogP contribution in [-0.2, 0) is 53.5 Å². The number of H-pyrrole nitrogens is 1. The average Bonchev–Trinajstić information content (AvgIpc) is 3.71. The SMILES string of the molecule is C=CCOC1CC(C(=O)NCC(=O)N(CC(C)C)C(Cc2cnc[nH]2)C(=O)NCC(=O)NC(C(N)=O)C(C)OP(=O)(O)OC)N(C(C)=O)C1. The van der Waals surface area contributed by atoms with E-state index in [1.54, 1.807) is 6.08 Å². The smallest absolute Gasteiger partial charge is 0.372 e. The van der Waals surface area contributed by atoms with Crippen molar-refractivity contribution in [2.75, 3.05) is 39.9 Å². The van der Waals surface area contributed by atoms with Crippen LogP contribution in [0, 0.1) is 5.92 Å². The van der Waals surface area contributed by atoms with Crippen molar-refractivity contribution >= 4 is 43.3 Å². The normalized spacial score (nSPS) is 18.9. The van der Waals surface area contributed by atoms with Gasteiger partial charge in [-0.15, -0.1) is 6.58 Å². The van der Waals surface area contributed by atoms with Crippen LogP contribution in [0.1, 0.15) is 39.8 Å². The maximum Gasteiger partial charge on any atom is 0.472 e. The number of hydrogen-bond donors (Lipinski definition) is 6. The minimum absolute atomic E-state index is 0.0412. The Hall–Kier alpha value is -4.16. The Bertz CT molecular complexity index is 1380. The number of nitrogens with two attached hydrogens (primary N) is 1. The molecule has 0 saturated carbocycles. The highest BCUT2D eigenvalue weighted by Crippen LogP contribution is 2.43. The van der Waals surface area contributed by atoms with Crippen LogP contribution in [0.3, 0.4) is 0 Å². The molecule has 1 fully saturated rings. The van der Waals surface area contributed by atoms with Crippen molar-refractivity contribution in [3.05, 3.63) is 30.9 Å². The van der Waals surface area contributed by atoms with E-state index in [9.17, 15) is 38.2 Å². The average molecular weight is 715 g/mol. The number of hydrogen-bond acceptors (Lipinski definition) is 11. The molecule has 274 valence electrons. The Kier molecular flexibility index (Phi) is 16.0. The first-order valence-electron chi connectivity index (χ1n) is 15.5. The number of nitrogens with one attached hydrogen (secondary N) is 4. The number of nitrogens with zero attached hydrogens (tertiary/aromatic N) is 3. The summed E-state index contributed by atoms with van der Waals surface area (Å²) < 4.78 is 26.5. The molecule has 1 aromatic rings. The van der Waals surface area contributed by atoms with E-state index in [4.69, 9.17) is 15.0 Å². The topological polar surface area (TPSA) is 265 Å². The number of phosphoric acid groups is 1. The van der Waals surface area contributed by atoms with Crippen molar-refractivity contribution in [3.8, 4) is 0 Å².